The van der Waals surface area contributed by atoms with Crippen molar-refractivity contribution >= 4 is 5.91 Å². The van der Waals surface area contributed by atoms with E-state index in [2.05, 4.69) is 10.3 Å². The van der Waals surface area contributed by atoms with Gasteiger partial charge in [0.1, 0.15) is 11.6 Å². The van der Waals surface area contributed by atoms with Gasteiger partial charge in [-0.2, -0.15) is 0 Å². The van der Waals surface area contributed by atoms with Gasteiger partial charge in [0.15, 0.2) is 0 Å². The van der Waals surface area contributed by atoms with E-state index in [1.165, 1.54) is 18.3 Å². The second-order valence-corrected chi connectivity index (χ2v) is 6.19. The van der Waals surface area contributed by atoms with Crippen molar-refractivity contribution in [2.45, 2.75) is 12.6 Å². The number of amides is 1. The van der Waals surface area contributed by atoms with E-state index < -0.39 is 11.6 Å². The second kappa shape index (κ2) is 7.67. The molecular formula is C18H19F2N3O2. The third-order valence-corrected chi connectivity index (χ3v) is 4.40. The van der Waals surface area contributed by atoms with Crippen LogP contribution in [0, 0.1) is 17.6 Å². The first kappa shape index (κ1) is 17.4. The van der Waals surface area contributed by atoms with E-state index in [0.717, 1.165) is 6.07 Å². The van der Waals surface area contributed by atoms with Crippen molar-refractivity contribution in [3.8, 4) is 0 Å². The number of aromatic nitrogens is 1. The zero-order valence-electron chi connectivity index (χ0n) is 13.5. The fourth-order valence-corrected chi connectivity index (χ4v) is 3.08. The maximum absolute atomic E-state index is 13.8. The molecule has 0 spiro atoms. The summed E-state index contributed by atoms with van der Waals surface area (Å²) >= 11 is 0. The Morgan fingerprint density at radius 2 is 2.16 bits per heavy atom. The maximum Gasteiger partial charge on any atom is 0.253 e. The molecule has 1 aliphatic rings. The number of rotatable bonds is 5. The minimum atomic E-state index is -0.613. The molecule has 2 N–H and O–H groups in total. The number of nitrogens with one attached hydrogen (secondary N) is 1. The summed E-state index contributed by atoms with van der Waals surface area (Å²) in [6.07, 6.45) is 3.06. The third kappa shape index (κ3) is 4.18. The Balaban J connectivity index is 1.65. The molecule has 0 saturated carbocycles. The summed E-state index contributed by atoms with van der Waals surface area (Å²) in [7, 11) is 0. The lowest BCUT2D eigenvalue weighted by atomic mass is 10.0. The molecule has 5 nitrogen and oxygen atoms in total. The molecule has 1 amide bonds. The molecular weight excluding hydrogens is 328 g/mol. The lowest BCUT2D eigenvalue weighted by molar-refractivity contribution is 0.0920. The quantitative estimate of drug-likeness (QED) is 0.862. The molecule has 0 radical (unpaired) electrons. The number of pyridine rings is 1. The van der Waals surface area contributed by atoms with E-state index >= 15 is 0 Å². The van der Waals surface area contributed by atoms with Gasteiger partial charge in [0, 0.05) is 62.2 Å². The number of benzene rings is 1. The highest BCUT2D eigenvalue weighted by Crippen LogP contribution is 2.21. The van der Waals surface area contributed by atoms with Gasteiger partial charge >= 0.3 is 0 Å². The zero-order valence-corrected chi connectivity index (χ0v) is 13.5. The number of aliphatic hydroxyl groups is 1. The molecule has 0 bridgehead atoms. The summed E-state index contributed by atoms with van der Waals surface area (Å²) in [4.78, 5) is 18.1. The highest BCUT2D eigenvalue weighted by molar-refractivity contribution is 5.94. The Morgan fingerprint density at radius 1 is 1.32 bits per heavy atom. The molecule has 0 unspecified atom stereocenters. The number of nitrogens with zero attached hydrogens (tertiary/aromatic N) is 2. The van der Waals surface area contributed by atoms with Crippen molar-refractivity contribution in [2.24, 2.45) is 5.92 Å². The van der Waals surface area contributed by atoms with Crippen LogP contribution in [0.3, 0.4) is 0 Å². The van der Waals surface area contributed by atoms with Gasteiger partial charge < -0.3 is 10.4 Å². The molecule has 25 heavy (non-hydrogen) atoms. The predicted molar refractivity (Wildman–Crippen MR) is 87.7 cm³/mol. The maximum atomic E-state index is 13.8. The topological polar surface area (TPSA) is 65.5 Å². The molecule has 3 rings (SSSR count). The molecule has 2 heterocycles. The SMILES string of the molecule is O=C(N[C@@H]1CN(Cc2ccc(F)cc2F)C[C@H]1CO)c1cccnc1. The van der Waals surface area contributed by atoms with Crippen LogP contribution in [0.4, 0.5) is 8.78 Å². The summed E-state index contributed by atoms with van der Waals surface area (Å²) in [5.41, 5.74) is 0.833. The minimum absolute atomic E-state index is 0.0830. The molecule has 1 aromatic heterocycles. The third-order valence-electron chi connectivity index (χ3n) is 4.40. The highest BCUT2D eigenvalue weighted by atomic mass is 19.1. The Kier molecular flexibility index (Phi) is 5.35. The van der Waals surface area contributed by atoms with Crippen molar-refractivity contribution in [3.05, 3.63) is 65.5 Å². The molecule has 2 aromatic rings. The van der Waals surface area contributed by atoms with Crippen molar-refractivity contribution in [2.75, 3.05) is 19.7 Å². The van der Waals surface area contributed by atoms with Crippen LogP contribution >= 0.6 is 0 Å². The van der Waals surface area contributed by atoms with Crippen LogP contribution in [0.1, 0.15) is 15.9 Å². The smallest absolute Gasteiger partial charge is 0.253 e. The lowest BCUT2D eigenvalue weighted by Crippen LogP contribution is -2.41. The summed E-state index contributed by atoms with van der Waals surface area (Å²) < 4.78 is 26.8. The van der Waals surface area contributed by atoms with Crippen LogP contribution in [0.15, 0.2) is 42.7 Å². The summed E-state index contributed by atoms with van der Waals surface area (Å²) in [6, 6.07) is 6.59. The largest absolute Gasteiger partial charge is 0.396 e. The fourth-order valence-electron chi connectivity index (χ4n) is 3.08. The Bertz CT molecular complexity index is 742. The van der Waals surface area contributed by atoms with Gasteiger partial charge in [0.2, 0.25) is 0 Å². The molecule has 0 aliphatic carbocycles. The number of hydrogen-bond donors (Lipinski definition) is 2. The van der Waals surface area contributed by atoms with E-state index in [1.807, 2.05) is 4.90 Å². The van der Waals surface area contributed by atoms with Gasteiger partial charge in [-0.15, -0.1) is 0 Å². The van der Waals surface area contributed by atoms with E-state index in [0.29, 0.717) is 30.8 Å². The summed E-state index contributed by atoms with van der Waals surface area (Å²) in [5, 5.41) is 12.5. The molecule has 1 aromatic carbocycles. The van der Waals surface area contributed by atoms with Gasteiger partial charge in [-0.05, 0) is 18.2 Å². The first-order valence-electron chi connectivity index (χ1n) is 8.05. The monoisotopic (exact) mass is 347 g/mol. The lowest BCUT2D eigenvalue weighted by Gasteiger charge is -2.18. The van der Waals surface area contributed by atoms with Crippen LogP contribution < -0.4 is 5.32 Å². The van der Waals surface area contributed by atoms with Crippen LogP contribution in [0.2, 0.25) is 0 Å². The summed E-state index contributed by atoms with van der Waals surface area (Å²) in [6.45, 7) is 1.21. The van der Waals surface area contributed by atoms with E-state index in [-0.39, 0.29) is 24.5 Å². The molecule has 2 atom stereocenters. The number of hydrogen-bond acceptors (Lipinski definition) is 4. The first-order chi connectivity index (χ1) is 12.1. The fraction of sp³-hybridized carbons (Fsp3) is 0.333. The predicted octanol–water partition coefficient (Wildman–Crippen LogP) is 1.58. The normalized spacial score (nSPS) is 20.6. The number of carbonyl (C=O) groups excluding carboxylic acids is 1. The van der Waals surface area contributed by atoms with Gasteiger partial charge in [-0.1, -0.05) is 6.07 Å². The van der Waals surface area contributed by atoms with Crippen LogP contribution in [-0.2, 0) is 6.54 Å². The first-order valence-corrected chi connectivity index (χ1v) is 8.05. The molecule has 1 fully saturated rings. The standard InChI is InChI=1S/C18H19F2N3O2/c19-15-4-3-13(16(20)6-15)8-23-9-14(11-24)17(10-23)22-18(25)12-2-1-5-21-7-12/h1-7,14,17,24H,8-11H2,(H,22,25)/t14-,17+/m0/s1. The van der Waals surface area contributed by atoms with E-state index in [4.69, 9.17) is 0 Å². The van der Waals surface area contributed by atoms with Gasteiger partial charge in [-0.3, -0.25) is 14.7 Å². The van der Waals surface area contributed by atoms with Gasteiger partial charge in [-0.25, -0.2) is 8.78 Å². The number of aliphatic hydroxyl groups excluding tert-OH is 1. The average Bonchev–Trinajstić information content (AvgIpc) is 2.99. The molecule has 1 aliphatic heterocycles. The molecule has 132 valence electrons. The Morgan fingerprint density at radius 3 is 2.84 bits per heavy atom. The average molecular weight is 347 g/mol. The highest BCUT2D eigenvalue weighted by Gasteiger charge is 2.33. The summed E-state index contributed by atoms with van der Waals surface area (Å²) in [5.74, 6) is -1.61. The zero-order chi connectivity index (χ0) is 17.8. The number of halogens is 2. The Labute approximate surface area is 144 Å². The van der Waals surface area contributed by atoms with Gasteiger partial charge in [0.05, 0.1) is 5.56 Å². The second-order valence-electron chi connectivity index (χ2n) is 6.19. The van der Waals surface area contributed by atoms with Crippen molar-refractivity contribution in [1.29, 1.82) is 0 Å². The molecule has 7 heteroatoms. The van der Waals surface area contributed by atoms with E-state index in [9.17, 15) is 18.7 Å². The van der Waals surface area contributed by atoms with Crippen LogP contribution in [-0.4, -0.2) is 46.6 Å². The van der Waals surface area contributed by atoms with Crippen molar-refractivity contribution in [3.63, 3.8) is 0 Å². The Hall–Kier alpha value is -2.38. The van der Waals surface area contributed by atoms with Crippen molar-refractivity contribution < 1.29 is 18.7 Å². The van der Waals surface area contributed by atoms with Crippen LogP contribution in [0.5, 0.6) is 0 Å². The van der Waals surface area contributed by atoms with Crippen molar-refractivity contribution in [1.82, 2.24) is 15.2 Å². The molecule has 1 saturated heterocycles. The van der Waals surface area contributed by atoms with Gasteiger partial charge in [0.25, 0.3) is 5.91 Å². The van der Waals surface area contributed by atoms with E-state index in [1.54, 1.807) is 18.3 Å². The minimum Gasteiger partial charge on any atom is -0.396 e. The number of likely N-dealkylation sites (tertiary alicyclic amines) is 1. The van der Waals surface area contributed by atoms with Crippen LogP contribution in [0.25, 0.3) is 0 Å². The number of carbonyl (C=O) groups is 1.